The van der Waals surface area contributed by atoms with Gasteiger partial charge in [-0.3, -0.25) is 14.3 Å². The first kappa shape index (κ1) is 10.9. The van der Waals surface area contributed by atoms with Crippen LogP contribution in [0, 0.1) is 18.6 Å². The SMILES string of the molecule is Cc1nn(C)c(C)c1Cn1c(=O)[nH][nH]c1=S. The third kappa shape index (κ3) is 1.63. The highest BCUT2D eigenvalue weighted by molar-refractivity contribution is 7.71. The normalized spacial score (nSPS) is 10.9. The van der Waals surface area contributed by atoms with Crippen LogP contribution in [0.2, 0.25) is 0 Å². The van der Waals surface area contributed by atoms with Gasteiger partial charge in [0.25, 0.3) is 0 Å². The van der Waals surface area contributed by atoms with E-state index in [1.54, 1.807) is 4.68 Å². The van der Waals surface area contributed by atoms with E-state index >= 15 is 0 Å². The maximum absolute atomic E-state index is 11.5. The molecule has 0 amide bonds. The fourth-order valence-electron chi connectivity index (χ4n) is 1.68. The number of aromatic amines is 2. The fraction of sp³-hybridized carbons (Fsp3) is 0.444. The van der Waals surface area contributed by atoms with Gasteiger partial charge in [-0.05, 0) is 26.1 Å². The predicted octanol–water partition coefficient (Wildman–Crippen LogP) is 0.633. The Labute approximate surface area is 96.9 Å². The molecule has 2 aromatic rings. The lowest BCUT2D eigenvalue weighted by Crippen LogP contribution is -2.18. The van der Waals surface area contributed by atoms with Crippen molar-refractivity contribution in [3.8, 4) is 0 Å². The monoisotopic (exact) mass is 239 g/mol. The van der Waals surface area contributed by atoms with Gasteiger partial charge in [-0.15, -0.1) is 0 Å². The van der Waals surface area contributed by atoms with Crippen molar-refractivity contribution >= 4 is 12.2 Å². The number of nitrogens with zero attached hydrogens (tertiary/aromatic N) is 3. The van der Waals surface area contributed by atoms with Crippen LogP contribution in [0.5, 0.6) is 0 Å². The highest BCUT2D eigenvalue weighted by Gasteiger charge is 2.11. The van der Waals surface area contributed by atoms with Crippen LogP contribution in [0.4, 0.5) is 0 Å². The van der Waals surface area contributed by atoms with Crippen LogP contribution in [-0.2, 0) is 13.6 Å². The molecule has 0 bridgehead atoms. The molecule has 0 saturated carbocycles. The summed E-state index contributed by atoms with van der Waals surface area (Å²) >= 11 is 5.01. The first-order valence-electron chi connectivity index (χ1n) is 4.87. The van der Waals surface area contributed by atoms with Crippen molar-refractivity contribution in [3.05, 3.63) is 32.2 Å². The molecule has 0 aliphatic carbocycles. The van der Waals surface area contributed by atoms with Crippen molar-refractivity contribution in [2.24, 2.45) is 7.05 Å². The molecule has 0 fully saturated rings. The predicted molar refractivity (Wildman–Crippen MR) is 62.0 cm³/mol. The molecule has 16 heavy (non-hydrogen) atoms. The summed E-state index contributed by atoms with van der Waals surface area (Å²) in [4.78, 5) is 11.5. The average molecular weight is 239 g/mol. The second-order valence-corrected chi connectivity index (χ2v) is 4.11. The van der Waals surface area contributed by atoms with Crippen LogP contribution >= 0.6 is 12.2 Å². The summed E-state index contributed by atoms with van der Waals surface area (Å²) in [6, 6.07) is 0. The number of nitrogens with one attached hydrogen (secondary N) is 2. The molecular weight excluding hydrogens is 226 g/mol. The van der Waals surface area contributed by atoms with Gasteiger partial charge in [0, 0.05) is 18.3 Å². The third-order valence-corrected chi connectivity index (χ3v) is 3.06. The second-order valence-electron chi connectivity index (χ2n) is 3.72. The molecule has 0 aliphatic heterocycles. The zero-order valence-electron chi connectivity index (χ0n) is 9.37. The standard InChI is InChI=1S/C9H13N5OS/c1-5-7(6(2)13(3)12-5)4-14-8(15)10-11-9(14)16/h4H2,1-3H3,(H,10,15)(H,11,16). The van der Waals surface area contributed by atoms with Crippen LogP contribution in [0.25, 0.3) is 0 Å². The molecule has 0 unspecified atom stereocenters. The van der Waals surface area contributed by atoms with Gasteiger partial charge in [-0.1, -0.05) is 0 Å². The van der Waals surface area contributed by atoms with Crippen molar-refractivity contribution in [2.45, 2.75) is 20.4 Å². The molecule has 0 saturated heterocycles. The molecule has 0 aliphatic rings. The Morgan fingerprint density at radius 3 is 2.50 bits per heavy atom. The number of H-pyrrole nitrogens is 2. The van der Waals surface area contributed by atoms with Crippen molar-refractivity contribution < 1.29 is 0 Å². The molecule has 0 spiro atoms. The number of hydrogen-bond donors (Lipinski definition) is 2. The van der Waals surface area contributed by atoms with E-state index in [2.05, 4.69) is 15.3 Å². The molecule has 2 rings (SSSR count). The van der Waals surface area contributed by atoms with Gasteiger partial charge in [0.2, 0.25) is 0 Å². The van der Waals surface area contributed by atoms with E-state index in [1.807, 2.05) is 20.9 Å². The van der Waals surface area contributed by atoms with E-state index in [0.29, 0.717) is 11.3 Å². The lowest BCUT2D eigenvalue weighted by Gasteiger charge is -2.01. The Balaban J connectivity index is 2.49. The fourth-order valence-corrected chi connectivity index (χ4v) is 1.88. The Kier molecular flexibility index (Phi) is 2.55. The summed E-state index contributed by atoms with van der Waals surface area (Å²) in [7, 11) is 1.88. The van der Waals surface area contributed by atoms with Gasteiger partial charge in [-0.2, -0.15) is 5.10 Å². The quantitative estimate of drug-likeness (QED) is 0.755. The average Bonchev–Trinajstić information content (AvgIpc) is 2.65. The van der Waals surface area contributed by atoms with Crippen LogP contribution in [0.1, 0.15) is 17.0 Å². The molecule has 7 heteroatoms. The molecule has 2 heterocycles. The van der Waals surface area contributed by atoms with Gasteiger partial charge < -0.3 is 0 Å². The van der Waals surface area contributed by atoms with Crippen molar-refractivity contribution in [1.82, 2.24) is 24.5 Å². The highest BCUT2D eigenvalue weighted by atomic mass is 32.1. The van der Waals surface area contributed by atoms with Gasteiger partial charge in [0.05, 0.1) is 12.2 Å². The van der Waals surface area contributed by atoms with E-state index in [0.717, 1.165) is 17.0 Å². The van der Waals surface area contributed by atoms with Gasteiger partial charge in [-0.25, -0.2) is 9.89 Å². The Bertz CT molecular complexity index is 602. The lowest BCUT2D eigenvalue weighted by atomic mass is 10.2. The highest BCUT2D eigenvalue weighted by Crippen LogP contribution is 2.12. The number of aryl methyl sites for hydroxylation is 2. The zero-order chi connectivity index (χ0) is 11.9. The smallest absolute Gasteiger partial charge is 0.272 e. The minimum atomic E-state index is -0.229. The summed E-state index contributed by atoms with van der Waals surface area (Å²) in [6.07, 6.45) is 0. The number of rotatable bonds is 2. The van der Waals surface area contributed by atoms with E-state index in [1.165, 1.54) is 4.57 Å². The summed E-state index contributed by atoms with van der Waals surface area (Å²) < 4.78 is 3.68. The van der Waals surface area contributed by atoms with E-state index in [-0.39, 0.29) is 5.69 Å². The molecule has 0 radical (unpaired) electrons. The maximum Gasteiger partial charge on any atom is 0.342 e. The second kappa shape index (κ2) is 3.75. The van der Waals surface area contributed by atoms with Crippen LogP contribution in [0.3, 0.4) is 0 Å². The Morgan fingerprint density at radius 1 is 1.38 bits per heavy atom. The first-order chi connectivity index (χ1) is 7.50. The van der Waals surface area contributed by atoms with E-state index < -0.39 is 0 Å². The molecule has 2 N–H and O–H groups in total. The maximum atomic E-state index is 11.5. The summed E-state index contributed by atoms with van der Waals surface area (Å²) in [5.41, 5.74) is 2.76. The van der Waals surface area contributed by atoms with Crippen molar-refractivity contribution in [1.29, 1.82) is 0 Å². The van der Waals surface area contributed by atoms with E-state index in [9.17, 15) is 4.79 Å². The lowest BCUT2D eigenvalue weighted by molar-refractivity contribution is 0.720. The van der Waals surface area contributed by atoms with Gasteiger partial charge >= 0.3 is 5.69 Å². The minimum absolute atomic E-state index is 0.229. The van der Waals surface area contributed by atoms with Crippen LogP contribution in [0.15, 0.2) is 4.79 Å². The first-order valence-corrected chi connectivity index (χ1v) is 5.28. The topological polar surface area (TPSA) is 71.4 Å². The Hall–Kier alpha value is -1.63. The molecular formula is C9H13N5OS. The van der Waals surface area contributed by atoms with Gasteiger partial charge in [0.1, 0.15) is 0 Å². The molecule has 2 aromatic heterocycles. The summed E-state index contributed by atoms with van der Waals surface area (Å²) in [5.74, 6) is 0. The zero-order valence-corrected chi connectivity index (χ0v) is 10.2. The minimum Gasteiger partial charge on any atom is -0.272 e. The molecule has 6 nitrogen and oxygen atoms in total. The molecule has 0 atom stereocenters. The summed E-state index contributed by atoms with van der Waals surface area (Å²) in [5, 5.41) is 9.37. The number of hydrogen-bond acceptors (Lipinski definition) is 3. The van der Waals surface area contributed by atoms with Gasteiger partial charge in [0.15, 0.2) is 4.77 Å². The third-order valence-electron chi connectivity index (χ3n) is 2.74. The largest absolute Gasteiger partial charge is 0.342 e. The number of aromatic nitrogens is 5. The molecule has 86 valence electrons. The van der Waals surface area contributed by atoms with Crippen LogP contribution < -0.4 is 5.69 Å². The summed E-state index contributed by atoms with van der Waals surface area (Å²) in [6.45, 7) is 4.34. The van der Waals surface area contributed by atoms with Crippen LogP contribution in [-0.4, -0.2) is 24.5 Å². The van der Waals surface area contributed by atoms with Crippen molar-refractivity contribution in [3.63, 3.8) is 0 Å². The molecule has 0 aromatic carbocycles. The van der Waals surface area contributed by atoms with E-state index in [4.69, 9.17) is 12.2 Å². The van der Waals surface area contributed by atoms with Crippen molar-refractivity contribution in [2.75, 3.05) is 0 Å². The Morgan fingerprint density at radius 2 is 2.06 bits per heavy atom.